The number of carbonyl (C=O) groups excluding carboxylic acids is 1. The Hall–Kier alpha value is -1.56. The van der Waals surface area contributed by atoms with Crippen LogP contribution in [0.5, 0.6) is 0 Å². The summed E-state index contributed by atoms with van der Waals surface area (Å²) in [6.07, 6.45) is -4.91. The molecule has 1 heterocycles. The van der Waals surface area contributed by atoms with Gasteiger partial charge in [0.1, 0.15) is 0 Å². The first-order chi connectivity index (χ1) is 12.0. The lowest BCUT2D eigenvalue weighted by Gasteiger charge is -2.11. The maximum Gasteiger partial charge on any atom is 0.471 e. The van der Waals surface area contributed by atoms with E-state index < -0.39 is 22.1 Å². The SMILES string of the molecule is CN(C)S(=O)(=O)c1cccc(Sc2ccc(CNC(=O)C(F)(F)F)s2)c1. The molecule has 26 heavy (non-hydrogen) atoms. The summed E-state index contributed by atoms with van der Waals surface area (Å²) in [5.41, 5.74) is 0. The molecule has 0 aliphatic carbocycles. The van der Waals surface area contributed by atoms with Crippen molar-refractivity contribution in [3.63, 3.8) is 0 Å². The van der Waals surface area contributed by atoms with Crippen molar-refractivity contribution in [2.75, 3.05) is 14.1 Å². The van der Waals surface area contributed by atoms with E-state index in [1.165, 1.54) is 49.3 Å². The highest BCUT2D eigenvalue weighted by atomic mass is 32.2. The third-order valence-corrected chi connectivity index (χ3v) is 7.14. The summed E-state index contributed by atoms with van der Waals surface area (Å²) in [6.45, 7) is -0.224. The number of amides is 1. The number of carbonyl (C=O) groups is 1. The quantitative estimate of drug-likeness (QED) is 0.773. The summed E-state index contributed by atoms with van der Waals surface area (Å²) in [4.78, 5) is 12.2. The summed E-state index contributed by atoms with van der Waals surface area (Å²) >= 11 is 2.51. The van der Waals surface area contributed by atoms with E-state index in [1.807, 2.05) is 5.32 Å². The van der Waals surface area contributed by atoms with Crippen LogP contribution in [0, 0.1) is 0 Å². The number of rotatable bonds is 6. The van der Waals surface area contributed by atoms with Crippen molar-refractivity contribution in [1.29, 1.82) is 0 Å². The van der Waals surface area contributed by atoms with Gasteiger partial charge in [0.25, 0.3) is 0 Å². The molecule has 0 radical (unpaired) electrons. The molecule has 142 valence electrons. The van der Waals surface area contributed by atoms with Gasteiger partial charge in [-0.3, -0.25) is 4.79 Å². The number of sulfonamides is 1. The Labute approximate surface area is 157 Å². The van der Waals surface area contributed by atoms with Gasteiger partial charge in [0.2, 0.25) is 10.0 Å². The molecule has 2 aromatic rings. The van der Waals surface area contributed by atoms with E-state index in [1.54, 1.807) is 24.3 Å². The van der Waals surface area contributed by atoms with Crippen molar-refractivity contribution in [2.24, 2.45) is 0 Å². The van der Waals surface area contributed by atoms with E-state index in [-0.39, 0.29) is 11.4 Å². The van der Waals surface area contributed by atoms with E-state index in [0.29, 0.717) is 9.77 Å². The van der Waals surface area contributed by atoms with Crippen LogP contribution in [-0.2, 0) is 21.4 Å². The fourth-order valence-corrected chi connectivity index (χ4v) is 4.98. The lowest BCUT2D eigenvalue weighted by Crippen LogP contribution is -2.36. The highest BCUT2D eigenvalue weighted by molar-refractivity contribution is 8.01. The molecular formula is C15H15F3N2O3S3. The van der Waals surface area contributed by atoms with E-state index in [9.17, 15) is 26.4 Å². The van der Waals surface area contributed by atoms with E-state index >= 15 is 0 Å². The average molecular weight is 424 g/mol. The Bertz CT molecular complexity index is 893. The molecule has 0 atom stereocenters. The monoisotopic (exact) mass is 424 g/mol. The number of halogens is 3. The second-order valence-corrected chi connectivity index (χ2v) is 9.96. The van der Waals surface area contributed by atoms with Gasteiger partial charge < -0.3 is 5.32 Å². The predicted octanol–water partition coefficient (Wildman–Crippen LogP) is 3.33. The molecule has 1 N–H and O–H groups in total. The average Bonchev–Trinajstić information content (AvgIpc) is 2.99. The lowest BCUT2D eigenvalue weighted by atomic mass is 10.4. The van der Waals surface area contributed by atoms with Crippen molar-refractivity contribution in [3.05, 3.63) is 41.3 Å². The summed E-state index contributed by atoms with van der Waals surface area (Å²) in [5, 5.41) is 1.81. The number of nitrogens with one attached hydrogen (secondary N) is 1. The summed E-state index contributed by atoms with van der Waals surface area (Å²) in [5.74, 6) is -1.98. The van der Waals surface area contributed by atoms with Gasteiger partial charge in [-0.15, -0.1) is 11.3 Å². The Morgan fingerprint density at radius 3 is 2.54 bits per heavy atom. The normalized spacial score (nSPS) is 12.4. The largest absolute Gasteiger partial charge is 0.471 e. The molecule has 0 spiro atoms. The first-order valence-electron chi connectivity index (χ1n) is 7.14. The van der Waals surface area contributed by atoms with Crippen LogP contribution in [0.4, 0.5) is 13.2 Å². The van der Waals surface area contributed by atoms with Crippen LogP contribution in [-0.4, -0.2) is 38.9 Å². The highest BCUT2D eigenvalue weighted by Crippen LogP contribution is 2.34. The third kappa shape index (κ3) is 5.22. The van der Waals surface area contributed by atoms with E-state index in [4.69, 9.17) is 0 Å². The van der Waals surface area contributed by atoms with Crippen molar-refractivity contribution >= 4 is 39.0 Å². The molecule has 11 heteroatoms. The topological polar surface area (TPSA) is 66.5 Å². The Morgan fingerprint density at radius 1 is 1.23 bits per heavy atom. The number of nitrogens with zero attached hydrogens (tertiary/aromatic N) is 1. The number of hydrogen-bond donors (Lipinski definition) is 1. The zero-order chi connectivity index (χ0) is 19.5. The molecule has 0 saturated carbocycles. The van der Waals surface area contributed by atoms with Crippen LogP contribution in [0.1, 0.15) is 4.88 Å². The van der Waals surface area contributed by atoms with Crippen molar-refractivity contribution in [3.8, 4) is 0 Å². The summed E-state index contributed by atoms with van der Waals surface area (Å²) in [7, 11) is -0.668. The Balaban J connectivity index is 2.07. The standard InChI is InChI=1S/C15H15F3N2O3S3/c1-20(2)26(22,23)12-5-3-4-10(8-12)24-13-7-6-11(25-13)9-19-14(21)15(16,17)18/h3-8H,9H2,1-2H3,(H,19,21). The molecule has 0 unspecified atom stereocenters. The molecule has 2 rings (SSSR count). The second-order valence-electron chi connectivity index (χ2n) is 5.27. The molecule has 0 fully saturated rings. The molecule has 1 aromatic carbocycles. The van der Waals surface area contributed by atoms with Crippen LogP contribution in [0.15, 0.2) is 50.4 Å². The van der Waals surface area contributed by atoms with Gasteiger partial charge >= 0.3 is 12.1 Å². The zero-order valence-corrected chi connectivity index (χ0v) is 16.2. The van der Waals surface area contributed by atoms with Gasteiger partial charge in [0, 0.05) is 23.9 Å². The fourth-order valence-electron chi connectivity index (χ4n) is 1.80. The Kier molecular flexibility index (Phi) is 6.37. The fraction of sp³-hybridized carbons (Fsp3) is 0.267. The van der Waals surface area contributed by atoms with Crippen LogP contribution in [0.3, 0.4) is 0 Å². The first-order valence-corrected chi connectivity index (χ1v) is 10.2. The maximum absolute atomic E-state index is 12.2. The minimum absolute atomic E-state index is 0.154. The minimum Gasteiger partial charge on any atom is -0.343 e. The number of hydrogen-bond acceptors (Lipinski definition) is 5. The molecule has 1 aromatic heterocycles. The van der Waals surface area contributed by atoms with E-state index in [2.05, 4.69) is 0 Å². The molecular weight excluding hydrogens is 409 g/mol. The molecule has 0 aliphatic heterocycles. The molecule has 1 amide bonds. The van der Waals surface area contributed by atoms with Crippen LogP contribution in [0.2, 0.25) is 0 Å². The highest BCUT2D eigenvalue weighted by Gasteiger charge is 2.38. The maximum atomic E-state index is 12.2. The van der Waals surface area contributed by atoms with E-state index in [0.717, 1.165) is 8.51 Å². The van der Waals surface area contributed by atoms with Gasteiger partial charge in [0.05, 0.1) is 15.6 Å². The Morgan fingerprint density at radius 2 is 1.92 bits per heavy atom. The van der Waals surface area contributed by atoms with Gasteiger partial charge in [0.15, 0.2) is 0 Å². The predicted molar refractivity (Wildman–Crippen MR) is 93.7 cm³/mol. The van der Waals surface area contributed by atoms with Gasteiger partial charge in [-0.2, -0.15) is 13.2 Å². The zero-order valence-electron chi connectivity index (χ0n) is 13.7. The number of thiophene rings is 1. The molecule has 0 saturated heterocycles. The second kappa shape index (κ2) is 7.99. The lowest BCUT2D eigenvalue weighted by molar-refractivity contribution is -0.173. The molecule has 0 bridgehead atoms. The summed E-state index contributed by atoms with van der Waals surface area (Å²) in [6, 6.07) is 9.71. The van der Waals surface area contributed by atoms with Crippen LogP contribution < -0.4 is 5.32 Å². The van der Waals surface area contributed by atoms with Crippen molar-refractivity contribution in [2.45, 2.75) is 26.7 Å². The number of alkyl halides is 3. The smallest absolute Gasteiger partial charge is 0.343 e. The molecule has 0 aliphatic rings. The third-order valence-electron chi connectivity index (χ3n) is 3.12. The van der Waals surface area contributed by atoms with Gasteiger partial charge in [-0.1, -0.05) is 17.8 Å². The first kappa shape index (κ1) is 20.7. The van der Waals surface area contributed by atoms with Crippen LogP contribution in [0.25, 0.3) is 0 Å². The van der Waals surface area contributed by atoms with Gasteiger partial charge in [-0.25, -0.2) is 12.7 Å². The molecule has 5 nitrogen and oxygen atoms in total. The summed E-state index contributed by atoms with van der Waals surface area (Å²) < 4.78 is 62.7. The van der Waals surface area contributed by atoms with Crippen molar-refractivity contribution < 1.29 is 26.4 Å². The number of benzene rings is 1. The van der Waals surface area contributed by atoms with Crippen molar-refractivity contribution in [1.82, 2.24) is 9.62 Å². The minimum atomic E-state index is -4.91. The van der Waals surface area contributed by atoms with Gasteiger partial charge in [-0.05, 0) is 30.3 Å². The van der Waals surface area contributed by atoms with Crippen LogP contribution >= 0.6 is 23.1 Å².